The van der Waals surface area contributed by atoms with Crippen LogP contribution >= 0.6 is 0 Å². The van der Waals surface area contributed by atoms with Crippen LogP contribution in [-0.2, 0) is 16.4 Å². The molecule has 0 amide bonds. The maximum atomic E-state index is 12.7. The van der Waals surface area contributed by atoms with Crippen LogP contribution < -0.4 is 4.72 Å². The van der Waals surface area contributed by atoms with Gasteiger partial charge in [0, 0.05) is 30.4 Å². The predicted octanol–water partition coefficient (Wildman–Crippen LogP) is 3.10. The quantitative estimate of drug-likeness (QED) is 0.522. The summed E-state index contributed by atoms with van der Waals surface area (Å²) in [5, 5.41) is 6.00. The molecule has 0 saturated heterocycles. The Kier molecular flexibility index (Phi) is 4.63. The van der Waals surface area contributed by atoms with Crippen molar-refractivity contribution in [2.24, 2.45) is 0 Å². The predicted molar refractivity (Wildman–Crippen MR) is 105 cm³/mol. The van der Waals surface area contributed by atoms with Gasteiger partial charge < -0.3 is 0 Å². The fraction of sp³-hybridized carbons (Fsp3) is 0.200. The number of benzene rings is 2. The highest BCUT2D eigenvalue weighted by Crippen LogP contribution is 2.22. The molecule has 0 aliphatic heterocycles. The monoisotopic (exact) mass is 380 g/mol. The number of aromatic nitrogens is 3. The lowest BCUT2D eigenvalue weighted by Crippen LogP contribution is -2.25. The van der Waals surface area contributed by atoms with Crippen LogP contribution in [0.4, 0.5) is 0 Å². The van der Waals surface area contributed by atoms with Crippen LogP contribution in [0.3, 0.4) is 0 Å². The Labute approximate surface area is 157 Å². The molecule has 4 rings (SSSR count). The van der Waals surface area contributed by atoms with E-state index < -0.39 is 10.0 Å². The van der Waals surface area contributed by atoms with Crippen molar-refractivity contribution < 1.29 is 8.42 Å². The molecule has 7 heteroatoms. The van der Waals surface area contributed by atoms with Crippen molar-refractivity contribution in [3.8, 4) is 0 Å². The summed E-state index contributed by atoms with van der Waals surface area (Å²) < 4.78 is 29.9. The van der Waals surface area contributed by atoms with Crippen LogP contribution in [0, 0.1) is 6.92 Å². The lowest BCUT2D eigenvalue weighted by molar-refractivity contribution is 0.580. The first-order valence-electron chi connectivity index (χ1n) is 8.81. The van der Waals surface area contributed by atoms with Crippen molar-refractivity contribution in [1.29, 1.82) is 0 Å². The molecule has 0 radical (unpaired) electrons. The fourth-order valence-electron chi connectivity index (χ4n) is 3.17. The van der Waals surface area contributed by atoms with Crippen molar-refractivity contribution in [2.75, 3.05) is 6.54 Å². The van der Waals surface area contributed by atoms with Gasteiger partial charge >= 0.3 is 0 Å². The number of sulfonamides is 1. The molecular formula is C20H20N4O2S. The van der Waals surface area contributed by atoms with Crippen LogP contribution in [-0.4, -0.2) is 29.6 Å². The zero-order valence-electron chi connectivity index (χ0n) is 15.0. The molecule has 0 atom stereocenters. The maximum absolute atomic E-state index is 12.7. The van der Waals surface area contributed by atoms with Crippen LogP contribution in [0.2, 0.25) is 0 Å². The molecule has 138 valence electrons. The number of hydrogen-bond acceptors (Lipinski definition) is 4. The van der Waals surface area contributed by atoms with E-state index in [1.54, 1.807) is 16.6 Å². The van der Waals surface area contributed by atoms with Gasteiger partial charge in [-0.15, -0.1) is 0 Å². The van der Waals surface area contributed by atoms with E-state index in [4.69, 9.17) is 0 Å². The SMILES string of the molecule is Cc1cc2ncc(CCCNS(=O)(=O)c3cccc4ccccc34)cn2n1. The normalized spacial score (nSPS) is 12.0. The van der Waals surface area contributed by atoms with E-state index in [0.717, 1.165) is 34.1 Å². The first-order chi connectivity index (χ1) is 13.0. The van der Waals surface area contributed by atoms with Gasteiger partial charge in [-0.2, -0.15) is 5.10 Å². The Morgan fingerprint density at radius 3 is 2.81 bits per heavy atom. The van der Waals surface area contributed by atoms with E-state index in [1.165, 1.54) is 0 Å². The third kappa shape index (κ3) is 3.70. The van der Waals surface area contributed by atoms with Gasteiger partial charge in [0.15, 0.2) is 5.65 Å². The minimum atomic E-state index is -3.56. The highest BCUT2D eigenvalue weighted by molar-refractivity contribution is 7.89. The Morgan fingerprint density at radius 1 is 1.11 bits per heavy atom. The zero-order valence-corrected chi connectivity index (χ0v) is 15.8. The lowest BCUT2D eigenvalue weighted by atomic mass is 10.1. The van der Waals surface area contributed by atoms with Crippen molar-refractivity contribution in [1.82, 2.24) is 19.3 Å². The first kappa shape index (κ1) is 17.6. The highest BCUT2D eigenvalue weighted by Gasteiger charge is 2.16. The van der Waals surface area contributed by atoms with Crippen LogP contribution in [0.5, 0.6) is 0 Å². The molecule has 6 nitrogen and oxygen atoms in total. The Bertz CT molecular complexity index is 1210. The minimum Gasteiger partial charge on any atom is -0.237 e. The fourth-order valence-corrected chi connectivity index (χ4v) is 4.47. The van der Waals surface area contributed by atoms with E-state index in [9.17, 15) is 8.42 Å². The molecule has 0 spiro atoms. The molecule has 0 fully saturated rings. The van der Waals surface area contributed by atoms with Gasteiger partial charge in [0.25, 0.3) is 0 Å². The van der Waals surface area contributed by atoms with Crippen molar-refractivity contribution in [2.45, 2.75) is 24.7 Å². The number of fused-ring (bicyclic) bond motifs is 2. The standard InChI is InChI=1S/C20H20N4O2S/c1-15-12-20-21-13-16(14-24(20)23-15)6-5-11-22-27(25,26)19-10-4-8-17-7-2-3-9-18(17)19/h2-4,7-10,12-14,22H,5-6,11H2,1H3. The summed E-state index contributed by atoms with van der Waals surface area (Å²) in [6.07, 6.45) is 5.15. The van der Waals surface area contributed by atoms with Crippen molar-refractivity contribution in [3.05, 3.63) is 72.2 Å². The topological polar surface area (TPSA) is 76.4 Å². The Morgan fingerprint density at radius 2 is 1.93 bits per heavy atom. The molecule has 2 aromatic carbocycles. The van der Waals surface area contributed by atoms with Gasteiger partial charge in [-0.05, 0) is 36.8 Å². The van der Waals surface area contributed by atoms with Gasteiger partial charge in [0.2, 0.25) is 10.0 Å². The molecular weight excluding hydrogens is 360 g/mol. The molecule has 0 unspecified atom stereocenters. The van der Waals surface area contributed by atoms with Crippen molar-refractivity contribution >= 4 is 26.4 Å². The molecule has 2 aromatic heterocycles. The largest absolute Gasteiger partial charge is 0.241 e. The molecule has 2 heterocycles. The first-order valence-corrected chi connectivity index (χ1v) is 10.3. The van der Waals surface area contributed by atoms with Crippen molar-refractivity contribution in [3.63, 3.8) is 0 Å². The molecule has 0 aliphatic carbocycles. The number of aryl methyl sites for hydroxylation is 2. The number of hydrogen-bond donors (Lipinski definition) is 1. The lowest BCUT2D eigenvalue weighted by Gasteiger charge is -2.09. The average Bonchev–Trinajstić information content (AvgIpc) is 3.04. The Hall–Kier alpha value is -2.77. The highest BCUT2D eigenvalue weighted by atomic mass is 32.2. The average molecular weight is 380 g/mol. The van der Waals surface area contributed by atoms with Gasteiger partial charge in [0.05, 0.1) is 10.6 Å². The summed E-state index contributed by atoms with van der Waals surface area (Å²) in [7, 11) is -3.56. The van der Waals surface area contributed by atoms with Crippen LogP contribution in [0.1, 0.15) is 17.7 Å². The van der Waals surface area contributed by atoms with Gasteiger partial charge in [0.1, 0.15) is 0 Å². The summed E-state index contributed by atoms with van der Waals surface area (Å²) in [5.74, 6) is 0. The second-order valence-corrected chi connectivity index (χ2v) is 8.26. The Balaban J connectivity index is 1.42. The summed E-state index contributed by atoms with van der Waals surface area (Å²) in [5.41, 5.74) is 2.75. The zero-order chi connectivity index (χ0) is 18.9. The number of nitrogens with one attached hydrogen (secondary N) is 1. The van der Waals surface area contributed by atoms with E-state index in [2.05, 4.69) is 14.8 Å². The van der Waals surface area contributed by atoms with E-state index >= 15 is 0 Å². The second kappa shape index (κ2) is 7.09. The molecule has 0 saturated carbocycles. The van der Waals surface area contributed by atoms with Gasteiger partial charge in [-0.3, -0.25) is 0 Å². The summed E-state index contributed by atoms with van der Waals surface area (Å²) >= 11 is 0. The minimum absolute atomic E-state index is 0.315. The molecule has 27 heavy (non-hydrogen) atoms. The van der Waals surface area contributed by atoms with Gasteiger partial charge in [-0.1, -0.05) is 36.4 Å². The number of rotatable bonds is 6. The maximum Gasteiger partial charge on any atom is 0.241 e. The third-order valence-electron chi connectivity index (χ3n) is 4.46. The van der Waals surface area contributed by atoms with Crippen LogP contribution in [0.15, 0.2) is 65.8 Å². The molecule has 4 aromatic rings. The number of nitrogens with zero attached hydrogens (tertiary/aromatic N) is 3. The van der Waals surface area contributed by atoms with E-state index in [1.807, 2.05) is 55.7 Å². The molecule has 0 aliphatic rings. The smallest absolute Gasteiger partial charge is 0.237 e. The van der Waals surface area contributed by atoms with E-state index in [0.29, 0.717) is 17.9 Å². The second-order valence-electron chi connectivity index (χ2n) is 6.53. The molecule has 1 N–H and O–H groups in total. The van der Waals surface area contributed by atoms with E-state index in [-0.39, 0.29) is 0 Å². The van der Waals surface area contributed by atoms with Gasteiger partial charge in [-0.25, -0.2) is 22.6 Å². The van der Waals surface area contributed by atoms with Crippen LogP contribution in [0.25, 0.3) is 16.4 Å². The summed E-state index contributed by atoms with van der Waals surface area (Å²) in [6.45, 7) is 2.29. The summed E-state index contributed by atoms with van der Waals surface area (Å²) in [6, 6.07) is 14.7. The summed E-state index contributed by atoms with van der Waals surface area (Å²) in [4.78, 5) is 4.69. The third-order valence-corrected chi connectivity index (χ3v) is 5.98. The molecule has 0 bridgehead atoms.